The number of nitrogens with zero attached hydrogens (tertiary/aromatic N) is 2. The van der Waals surface area contributed by atoms with Crippen LogP contribution in [0.1, 0.15) is 11.1 Å². The van der Waals surface area contributed by atoms with Crippen molar-refractivity contribution in [2.45, 2.75) is 10.9 Å². The zero-order valence-corrected chi connectivity index (χ0v) is 11.2. The van der Waals surface area contributed by atoms with Gasteiger partial charge in [0.25, 0.3) is 0 Å². The fraction of sp³-hybridized carbons (Fsp3) is 0.231. The van der Waals surface area contributed by atoms with Crippen LogP contribution in [-0.4, -0.2) is 34.0 Å². The van der Waals surface area contributed by atoms with Gasteiger partial charge in [0.2, 0.25) is 0 Å². The minimum atomic E-state index is -0.152. The van der Waals surface area contributed by atoms with Crippen LogP contribution in [0.4, 0.5) is 0 Å². The number of hydrogen-bond acceptors (Lipinski definition) is 5. The van der Waals surface area contributed by atoms with Crippen LogP contribution < -0.4 is 4.74 Å². The minimum absolute atomic E-state index is 0.152. The number of thioether (sulfide) groups is 1. The van der Waals surface area contributed by atoms with Gasteiger partial charge in [0.15, 0.2) is 5.16 Å². The topological polar surface area (TPSA) is 71.0 Å². The van der Waals surface area contributed by atoms with Gasteiger partial charge in [-0.15, -0.1) is 0 Å². The van der Waals surface area contributed by atoms with Crippen LogP contribution >= 0.6 is 11.8 Å². The molecular formula is C13H13N3O2S. The van der Waals surface area contributed by atoms with E-state index in [0.717, 1.165) is 22.0 Å². The Kier molecular flexibility index (Phi) is 4.84. The van der Waals surface area contributed by atoms with E-state index in [4.69, 9.17) is 9.84 Å². The van der Waals surface area contributed by atoms with Crippen LogP contribution in [0.15, 0.2) is 29.7 Å². The second-order valence-corrected chi connectivity index (χ2v) is 4.53. The lowest BCUT2D eigenvalue weighted by Gasteiger charge is -2.06. The molecule has 2 aromatic rings. The van der Waals surface area contributed by atoms with Crippen LogP contribution in [0.2, 0.25) is 0 Å². The predicted octanol–water partition coefficient (Wildman–Crippen LogP) is 1.45. The van der Waals surface area contributed by atoms with Gasteiger partial charge in [-0.2, -0.15) is 5.10 Å². The summed E-state index contributed by atoms with van der Waals surface area (Å²) in [6.07, 6.45) is 1.47. The number of hydrogen-bond donors (Lipinski definition) is 2. The summed E-state index contributed by atoms with van der Waals surface area (Å²) in [6, 6.07) is 5.67. The fourth-order valence-corrected chi connectivity index (χ4v) is 2.25. The number of aliphatic hydroxyl groups excluding tert-OH is 1. The first-order chi connectivity index (χ1) is 9.33. The number of ether oxygens (including phenoxy) is 1. The van der Waals surface area contributed by atoms with E-state index in [1.165, 1.54) is 18.1 Å². The SMILES string of the molecule is COc1ccc(C#CCO)c(CSc2ncn[nH]2)c1. The normalized spacial score (nSPS) is 9.79. The number of benzene rings is 1. The highest BCUT2D eigenvalue weighted by Gasteiger charge is 2.05. The van der Waals surface area contributed by atoms with Crippen molar-refractivity contribution in [3.8, 4) is 17.6 Å². The molecule has 0 aliphatic rings. The number of nitrogens with one attached hydrogen (secondary N) is 1. The first kappa shape index (κ1) is 13.5. The Morgan fingerprint density at radius 1 is 1.47 bits per heavy atom. The van der Waals surface area contributed by atoms with Gasteiger partial charge in [0, 0.05) is 11.3 Å². The molecule has 0 saturated carbocycles. The molecule has 2 N–H and O–H groups in total. The Labute approximate surface area is 115 Å². The van der Waals surface area contributed by atoms with Crippen molar-refractivity contribution < 1.29 is 9.84 Å². The molecule has 0 bridgehead atoms. The van der Waals surface area contributed by atoms with E-state index in [2.05, 4.69) is 27.0 Å². The standard InChI is InChI=1S/C13H13N3O2S/c1-18-12-5-4-10(3-2-6-17)11(7-12)8-19-13-14-9-15-16-13/h4-5,7,9,17H,6,8H2,1H3,(H,14,15,16). The van der Waals surface area contributed by atoms with Gasteiger partial charge in [-0.3, -0.25) is 5.10 Å². The minimum Gasteiger partial charge on any atom is -0.497 e. The third-order valence-electron chi connectivity index (χ3n) is 2.37. The van der Waals surface area contributed by atoms with Crippen molar-refractivity contribution in [1.29, 1.82) is 0 Å². The molecule has 6 heteroatoms. The van der Waals surface area contributed by atoms with Crippen molar-refractivity contribution in [2.24, 2.45) is 0 Å². The molecule has 0 fully saturated rings. The van der Waals surface area contributed by atoms with E-state index < -0.39 is 0 Å². The Bertz CT molecular complexity index is 588. The Morgan fingerprint density at radius 2 is 2.37 bits per heavy atom. The maximum Gasteiger partial charge on any atom is 0.183 e. The quantitative estimate of drug-likeness (QED) is 0.653. The summed E-state index contributed by atoms with van der Waals surface area (Å²) in [6.45, 7) is -0.152. The summed E-state index contributed by atoms with van der Waals surface area (Å²) in [5.41, 5.74) is 1.91. The molecule has 0 atom stereocenters. The molecule has 0 aliphatic heterocycles. The number of H-pyrrole nitrogens is 1. The number of aromatic amines is 1. The van der Waals surface area contributed by atoms with E-state index in [1.54, 1.807) is 7.11 Å². The molecule has 0 aliphatic carbocycles. The van der Waals surface area contributed by atoms with Gasteiger partial charge in [-0.1, -0.05) is 23.6 Å². The lowest BCUT2D eigenvalue weighted by Crippen LogP contribution is -1.92. The zero-order chi connectivity index (χ0) is 13.5. The molecule has 1 aromatic carbocycles. The van der Waals surface area contributed by atoms with E-state index in [1.807, 2.05) is 18.2 Å². The van der Waals surface area contributed by atoms with Gasteiger partial charge in [-0.05, 0) is 23.8 Å². The third-order valence-corrected chi connectivity index (χ3v) is 3.30. The molecule has 2 rings (SSSR count). The summed E-state index contributed by atoms with van der Waals surface area (Å²) in [4.78, 5) is 4.05. The van der Waals surface area contributed by atoms with Crippen LogP contribution in [0.25, 0.3) is 0 Å². The van der Waals surface area contributed by atoms with E-state index in [9.17, 15) is 0 Å². The fourth-order valence-electron chi connectivity index (χ4n) is 1.48. The van der Waals surface area contributed by atoms with Gasteiger partial charge in [0.05, 0.1) is 7.11 Å². The largest absolute Gasteiger partial charge is 0.497 e. The lowest BCUT2D eigenvalue weighted by molar-refractivity contribution is 0.350. The molecule has 98 valence electrons. The van der Waals surface area contributed by atoms with Crippen molar-refractivity contribution in [3.05, 3.63) is 35.7 Å². The second-order valence-electron chi connectivity index (χ2n) is 3.56. The monoisotopic (exact) mass is 275 g/mol. The highest BCUT2D eigenvalue weighted by Crippen LogP contribution is 2.24. The highest BCUT2D eigenvalue weighted by molar-refractivity contribution is 7.98. The van der Waals surface area contributed by atoms with Crippen molar-refractivity contribution >= 4 is 11.8 Å². The first-order valence-corrected chi connectivity index (χ1v) is 6.57. The molecule has 1 heterocycles. The second kappa shape index (κ2) is 6.83. The average Bonchev–Trinajstić information content (AvgIpc) is 2.96. The molecule has 0 saturated heterocycles. The van der Waals surface area contributed by atoms with E-state index >= 15 is 0 Å². The maximum atomic E-state index is 8.77. The Hall–Kier alpha value is -1.97. The summed E-state index contributed by atoms with van der Waals surface area (Å²) < 4.78 is 5.21. The van der Waals surface area contributed by atoms with E-state index in [0.29, 0.717) is 5.75 Å². The zero-order valence-electron chi connectivity index (χ0n) is 10.4. The summed E-state index contributed by atoms with van der Waals surface area (Å²) in [7, 11) is 1.63. The summed E-state index contributed by atoms with van der Waals surface area (Å²) in [5, 5.41) is 16.1. The number of methoxy groups -OCH3 is 1. The van der Waals surface area contributed by atoms with Crippen LogP contribution in [-0.2, 0) is 5.75 Å². The molecule has 19 heavy (non-hydrogen) atoms. The number of aliphatic hydroxyl groups is 1. The summed E-state index contributed by atoms with van der Waals surface area (Å²) >= 11 is 1.53. The molecule has 0 unspecified atom stereocenters. The molecule has 0 radical (unpaired) electrons. The van der Waals surface area contributed by atoms with Gasteiger partial charge >= 0.3 is 0 Å². The van der Waals surface area contributed by atoms with Gasteiger partial charge < -0.3 is 9.84 Å². The third kappa shape index (κ3) is 3.74. The van der Waals surface area contributed by atoms with Crippen molar-refractivity contribution in [3.63, 3.8) is 0 Å². The predicted molar refractivity (Wildman–Crippen MR) is 72.9 cm³/mol. The Balaban J connectivity index is 2.19. The number of aromatic nitrogens is 3. The summed E-state index contributed by atoms with van der Waals surface area (Å²) in [5.74, 6) is 7.06. The number of rotatable bonds is 4. The van der Waals surface area contributed by atoms with Crippen LogP contribution in [0.3, 0.4) is 0 Å². The molecule has 1 aromatic heterocycles. The first-order valence-electron chi connectivity index (χ1n) is 5.58. The molecule has 0 spiro atoms. The smallest absolute Gasteiger partial charge is 0.183 e. The lowest BCUT2D eigenvalue weighted by atomic mass is 10.1. The van der Waals surface area contributed by atoms with Crippen molar-refractivity contribution in [2.75, 3.05) is 13.7 Å². The average molecular weight is 275 g/mol. The van der Waals surface area contributed by atoms with Gasteiger partial charge in [0.1, 0.15) is 18.7 Å². The van der Waals surface area contributed by atoms with Crippen LogP contribution in [0.5, 0.6) is 5.75 Å². The molecule has 5 nitrogen and oxygen atoms in total. The van der Waals surface area contributed by atoms with Crippen LogP contribution in [0, 0.1) is 11.8 Å². The Morgan fingerprint density at radius 3 is 3.05 bits per heavy atom. The highest BCUT2D eigenvalue weighted by atomic mass is 32.2. The molecule has 0 amide bonds. The van der Waals surface area contributed by atoms with Gasteiger partial charge in [-0.25, -0.2) is 4.98 Å². The van der Waals surface area contributed by atoms with Crippen molar-refractivity contribution in [1.82, 2.24) is 15.2 Å². The molecular weight excluding hydrogens is 262 g/mol. The maximum absolute atomic E-state index is 8.77. The van der Waals surface area contributed by atoms with E-state index in [-0.39, 0.29) is 6.61 Å².